The molecule has 1 aromatic heterocycles. The zero-order valence-corrected chi connectivity index (χ0v) is 18.0. The van der Waals surface area contributed by atoms with Crippen molar-refractivity contribution in [1.29, 1.82) is 0 Å². The lowest BCUT2D eigenvalue weighted by atomic mass is 10.1. The van der Waals surface area contributed by atoms with E-state index in [0.29, 0.717) is 54.5 Å². The molecule has 0 atom stereocenters. The molecule has 1 aliphatic rings. The highest BCUT2D eigenvalue weighted by Crippen LogP contribution is 2.43. The van der Waals surface area contributed by atoms with Gasteiger partial charge in [-0.1, -0.05) is 24.0 Å². The van der Waals surface area contributed by atoms with Crippen molar-refractivity contribution in [2.75, 3.05) is 19.4 Å². The Morgan fingerprint density at radius 1 is 1.56 bits per heavy atom. The summed E-state index contributed by atoms with van der Waals surface area (Å²) < 4.78 is 12.1. The van der Waals surface area contributed by atoms with Crippen LogP contribution in [0.4, 0.5) is 0 Å². The maximum atomic E-state index is 11.7. The van der Waals surface area contributed by atoms with Crippen LogP contribution in [0.2, 0.25) is 0 Å². The number of amidine groups is 1. The van der Waals surface area contributed by atoms with Gasteiger partial charge in [-0.05, 0) is 35.8 Å². The molecule has 0 unspecified atom stereocenters. The summed E-state index contributed by atoms with van der Waals surface area (Å²) in [6.45, 7) is 4.17. The van der Waals surface area contributed by atoms with E-state index in [1.54, 1.807) is 17.9 Å². The number of phenols is 1. The number of carbonyl (C=O) groups is 1. The average molecular weight is 470 g/mol. The number of halogens is 1. The number of amides is 1. The smallest absolute Gasteiger partial charge is 0.239 e. The van der Waals surface area contributed by atoms with Crippen molar-refractivity contribution in [2.24, 2.45) is 10.2 Å². The Morgan fingerprint density at radius 2 is 2.30 bits per heavy atom. The van der Waals surface area contributed by atoms with Gasteiger partial charge in [0.15, 0.2) is 10.8 Å². The van der Waals surface area contributed by atoms with Crippen LogP contribution in [-0.4, -0.2) is 46.7 Å². The molecule has 1 amide bonds. The number of hydrogen-bond acceptors (Lipinski definition) is 8. The minimum Gasteiger partial charge on any atom is -0.506 e. The molecule has 0 radical (unpaired) electrons. The van der Waals surface area contributed by atoms with Crippen molar-refractivity contribution in [1.82, 2.24) is 4.90 Å². The van der Waals surface area contributed by atoms with Crippen molar-refractivity contribution in [3.63, 3.8) is 0 Å². The number of hydrogen-bond donors (Lipinski definition) is 1. The van der Waals surface area contributed by atoms with Crippen LogP contribution in [0.15, 0.2) is 25.2 Å². The first kappa shape index (κ1) is 19.8. The molecule has 0 spiro atoms. The average Bonchev–Trinajstić information content (AvgIpc) is 2.99. The molecular formula is C17H16BrN3O4S2. The van der Waals surface area contributed by atoms with Gasteiger partial charge >= 0.3 is 0 Å². The van der Waals surface area contributed by atoms with Gasteiger partial charge in [0.05, 0.1) is 34.5 Å². The van der Waals surface area contributed by atoms with E-state index < -0.39 is 0 Å². The first-order chi connectivity index (χ1) is 12.9. The van der Waals surface area contributed by atoms with Crippen molar-refractivity contribution in [2.45, 2.75) is 13.8 Å². The molecule has 1 fully saturated rings. The van der Waals surface area contributed by atoms with Gasteiger partial charge < -0.3 is 14.3 Å². The Hall–Kier alpha value is -1.91. The monoisotopic (exact) mass is 469 g/mol. The van der Waals surface area contributed by atoms with Gasteiger partial charge in [-0.15, -0.1) is 5.10 Å². The highest BCUT2D eigenvalue weighted by molar-refractivity contribution is 9.10. The minimum absolute atomic E-state index is 0.00180. The Morgan fingerprint density at radius 3 is 2.96 bits per heavy atom. The van der Waals surface area contributed by atoms with Crippen LogP contribution in [0.3, 0.4) is 0 Å². The van der Waals surface area contributed by atoms with Crippen LogP contribution >= 0.6 is 39.9 Å². The summed E-state index contributed by atoms with van der Waals surface area (Å²) in [6.07, 6.45) is 1.37. The lowest BCUT2D eigenvalue weighted by Gasteiger charge is -2.13. The zero-order valence-electron chi connectivity index (χ0n) is 14.8. The second-order valence-electron chi connectivity index (χ2n) is 5.59. The van der Waals surface area contributed by atoms with Crippen molar-refractivity contribution < 1.29 is 19.1 Å². The number of aromatic hydroxyl groups is 1. The van der Waals surface area contributed by atoms with Crippen LogP contribution in [-0.2, 0) is 4.79 Å². The quantitative estimate of drug-likeness (QED) is 0.409. The summed E-state index contributed by atoms with van der Waals surface area (Å²) in [5.41, 5.74) is 0.704. The molecule has 27 heavy (non-hydrogen) atoms. The van der Waals surface area contributed by atoms with Crippen molar-refractivity contribution in [3.05, 3.63) is 26.4 Å². The first-order valence-corrected chi connectivity index (χ1v) is 10.1. The zero-order chi connectivity index (χ0) is 19.7. The number of thioether (sulfide) groups is 1. The number of fused-ring (bicyclic) bond motifs is 1. The van der Waals surface area contributed by atoms with Crippen molar-refractivity contribution >= 4 is 68.2 Å². The lowest BCUT2D eigenvalue weighted by molar-refractivity contribution is -0.123. The van der Waals surface area contributed by atoms with Gasteiger partial charge in [-0.2, -0.15) is 5.10 Å². The number of phenolic OH excluding ortho intramolecular Hbond substituents is 1. The van der Waals surface area contributed by atoms with E-state index in [0.717, 1.165) is 0 Å². The standard InChI is InChI=1S/C17H16BrN3O4S2/c1-4-21-11(22)7-27-17(21)20-19-6-9-14(23)13(18)16-12(15(9)24-3)10(26)5-8(2)25-16/h5-6,23H,4,7H2,1-3H3/b19-6+,20-17-. The molecular weight excluding hydrogens is 454 g/mol. The second kappa shape index (κ2) is 7.99. The predicted octanol–water partition coefficient (Wildman–Crippen LogP) is 4.23. The molecule has 0 bridgehead atoms. The van der Waals surface area contributed by atoms with Gasteiger partial charge in [0.2, 0.25) is 5.91 Å². The minimum atomic E-state index is -0.102. The predicted molar refractivity (Wildman–Crippen MR) is 113 cm³/mol. The third-order valence-corrected chi connectivity index (χ3v) is 5.92. The summed E-state index contributed by atoms with van der Waals surface area (Å²) in [6, 6.07) is 1.71. The Balaban J connectivity index is 2.13. The van der Waals surface area contributed by atoms with Gasteiger partial charge in [0.1, 0.15) is 21.7 Å². The number of carbonyl (C=O) groups excluding carboxylic acids is 1. The molecule has 1 N–H and O–H groups in total. The first-order valence-electron chi connectivity index (χ1n) is 7.96. The summed E-state index contributed by atoms with van der Waals surface area (Å²) in [5.74, 6) is 1.20. The molecule has 2 heterocycles. The fraction of sp³-hybridized carbons (Fsp3) is 0.294. The number of rotatable bonds is 4. The van der Waals surface area contributed by atoms with Crippen LogP contribution in [0.1, 0.15) is 18.2 Å². The largest absolute Gasteiger partial charge is 0.506 e. The van der Waals surface area contributed by atoms with E-state index in [1.807, 2.05) is 6.92 Å². The summed E-state index contributed by atoms with van der Waals surface area (Å²) >= 11 is 10.1. The normalized spacial score (nSPS) is 16.2. The van der Waals surface area contributed by atoms with E-state index in [4.69, 9.17) is 21.4 Å². The number of ether oxygens (including phenoxy) is 1. The van der Waals surface area contributed by atoms with E-state index in [1.165, 1.54) is 25.1 Å². The highest BCUT2D eigenvalue weighted by Gasteiger charge is 2.26. The number of nitrogens with zero attached hydrogens (tertiary/aromatic N) is 3. The van der Waals surface area contributed by atoms with Gasteiger partial charge in [0, 0.05) is 6.54 Å². The van der Waals surface area contributed by atoms with Crippen LogP contribution < -0.4 is 4.74 Å². The Bertz CT molecular complexity index is 1050. The number of benzene rings is 1. The second-order valence-corrected chi connectivity index (χ2v) is 7.76. The molecule has 7 nitrogen and oxygen atoms in total. The van der Waals surface area contributed by atoms with Gasteiger partial charge in [0.25, 0.3) is 0 Å². The third kappa shape index (κ3) is 3.61. The molecule has 2 aromatic rings. The molecule has 1 saturated heterocycles. The van der Waals surface area contributed by atoms with Crippen molar-refractivity contribution in [3.8, 4) is 11.5 Å². The summed E-state index contributed by atoms with van der Waals surface area (Å²) in [4.78, 5) is 13.3. The fourth-order valence-corrected chi connectivity index (χ4v) is 4.44. The maximum Gasteiger partial charge on any atom is 0.239 e. The van der Waals surface area contributed by atoms with Gasteiger partial charge in [-0.25, -0.2) is 0 Å². The number of aryl methyl sites for hydroxylation is 1. The lowest BCUT2D eigenvalue weighted by Crippen LogP contribution is -2.28. The molecule has 10 heteroatoms. The van der Waals surface area contributed by atoms with E-state index in [-0.39, 0.29) is 11.7 Å². The highest BCUT2D eigenvalue weighted by atomic mass is 79.9. The Kier molecular flexibility index (Phi) is 5.87. The van der Waals surface area contributed by atoms with Crippen LogP contribution in [0.25, 0.3) is 11.0 Å². The molecule has 3 rings (SSSR count). The van der Waals surface area contributed by atoms with Crippen LogP contribution in [0, 0.1) is 11.4 Å². The molecule has 0 aliphatic carbocycles. The number of methoxy groups -OCH3 is 1. The van der Waals surface area contributed by atoms with Gasteiger partial charge in [-0.3, -0.25) is 9.69 Å². The maximum absolute atomic E-state index is 11.7. The molecule has 1 aromatic carbocycles. The SMILES string of the molecule is CCN1C(=O)CS/C1=N\N=C\c1c(O)c(Br)c2oc(C)cc(=S)c2c1OC. The van der Waals surface area contributed by atoms with E-state index in [2.05, 4.69) is 26.1 Å². The fourth-order valence-electron chi connectivity index (χ4n) is 2.70. The topological polar surface area (TPSA) is 87.6 Å². The summed E-state index contributed by atoms with van der Waals surface area (Å²) in [7, 11) is 1.48. The van der Waals surface area contributed by atoms with E-state index in [9.17, 15) is 9.90 Å². The molecule has 0 saturated carbocycles. The summed E-state index contributed by atoms with van der Waals surface area (Å²) in [5, 5.41) is 19.8. The third-order valence-electron chi connectivity index (χ3n) is 3.91. The Labute approximate surface area is 173 Å². The van der Waals surface area contributed by atoms with Crippen LogP contribution in [0.5, 0.6) is 11.5 Å². The molecule has 142 valence electrons. The molecule has 1 aliphatic heterocycles. The van der Waals surface area contributed by atoms with E-state index >= 15 is 0 Å².